The van der Waals surface area contributed by atoms with Gasteiger partial charge in [0.2, 0.25) is 0 Å². The fourth-order valence-electron chi connectivity index (χ4n) is 2.18. The summed E-state index contributed by atoms with van der Waals surface area (Å²) in [6.45, 7) is 1.87. The van der Waals surface area contributed by atoms with Crippen LogP contribution in [-0.2, 0) is 9.59 Å². The molecule has 1 aliphatic rings. The van der Waals surface area contributed by atoms with Crippen LogP contribution in [-0.4, -0.2) is 11.8 Å². The van der Waals surface area contributed by atoms with Crippen molar-refractivity contribution in [2.24, 2.45) is 0 Å². The second kappa shape index (κ2) is 5.66. The monoisotopic (exact) mass is 312 g/mol. The Kier molecular flexibility index (Phi) is 3.69. The van der Waals surface area contributed by atoms with Gasteiger partial charge >= 0.3 is 0 Å². The molecule has 1 saturated heterocycles. The van der Waals surface area contributed by atoms with Crippen molar-refractivity contribution >= 4 is 35.2 Å². The summed E-state index contributed by atoms with van der Waals surface area (Å²) < 4.78 is 0. The highest BCUT2D eigenvalue weighted by Crippen LogP contribution is 2.26. The Morgan fingerprint density at radius 2 is 1.82 bits per heavy atom. The van der Waals surface area contributed by atoms with Crippen molar-refractivity contribution in [1.29, 1.82) is 0 Å². The van der Waals surface area contributed by atoms with Gasteiger partial charge in [-0.2, -0.15) is 0 Å². The van der Waals surface area contributed by atoms with Gasteiger partial charge < -0.3 is 0 Å². The van der Waals surface area contributed by atoms with Crippen LogP contribution < -0.4 is 10.4 Å². The van der Waals surface area contributed by atoms with Crippen molar-refractivity contribution < 1.29 is 9.59 Å². The molecule has 2 aromatic carbocycles. The highest BCUT2D eigenvalue weighted by molar-refractivity contribution is 6.33. The third kappa shape index (κ3) is 2.61. The normalized spacial score (nSPS) is 16.3. The smallest absolute Gasteiger partial charge is 0.267 e. The summed E-state index contributed by atoms with van der Waals surface area (Å²) >= 11 is 6.08. The molecule has 2 aromatic rings. The SMILES string of the molecule is Cc1ccc(N2NC(=O)/C(=C\c3ccccc3)C2=O)cc1Cl. The summed E-state index contributed by atoms with van der Waals surface area (Å²) in [4.78, 5) is 24.5. The van der Waals surface area contributed by atoms with Gasteiger partial charge in [-0.1, -0.05) is 48.0 Å². The van der Waals surface area contributed by atoms with E-state index in [1.807, 2.05) is 37.3 Å². The average molecular weight is 313 g/mol. The molecule has 1 fully saturated rings. The van der Waals surface area contributed by atoms with Crippen molar-refractivity contribution in [3.63, 3.8) is 0 Å². The van der Waals surface area contributed by atoms with Gasteiger partial charge in [0, 0.05) is 5.02 Å². The summed E-state index contributed by atoms with van der Waals surface area (Å²) in [5, 5.41) is 1.75. The van der Waals surface area contributed by atoms with Crippen molar-refractivity contribution in [3.05, 3.63) is 70.3 Å². The van der Waals surface area contributed by atoms with Crippen molar-refractivity contribution in [2.45, 2.75) is 6.92 Å². The Morgan fingerprint density at radius 3 is 2.50 bits per heavy atom. The predicted molar refractivity (Wildman–Crippen MR) is 86.2 cm³/mol. The molecule has 0 atom stereocenters. The number of rotatable bonds is 2. The van der Waals surface area contributed by atoms with Crippen molar-refractivity contribution in [1.82, 2.24) is 5.43 Å². The summed E-state index contributed by atoms with van der Waals surface area (Å²) in [5.74, 6) is -0.820. The van der Waals surface area contributed by atoms with Crippen LogP contribution in [0.3, 0.4) is 0 Å². The van der Waals surface area contributed by atoms with Crippen molar-refractivity contribution in [2.75, 3.05) is 5.01 Å². The zero-order valence-electron chi connectivity index (χ0n) is 11.8. The van der Waals surface area contributed by atoms with E-state index in [1.165, 1.54) is 5.01 Å². The minimum Gasteiger partial charge on any atom is -0.267 e. The molecule has 0 radical (unpaired) electrons. The highest BCUT2D eigenvalue weighted by atomic mass is 35.5. The lowest BCUT2D eigenvalue weighted by molar-refractivity contribution is -0.117. The van der Waals surface area contributed by atoms with E-state index < -0.39 is 11.8 Å². The van der Waals surface area contributed by atoms with Gasteiger partial charge in [-0.3, -0.25) is 15.0 Å². The van der Waals surface area contributed by atoms with E-state index in [-0.39, 0.29) is 5.57 Å². The zero-order chi connectivity index (χ0) is 15.7. The minimum atomic E-state index is -0.425. The number of anilines is 1. The molecule has 0 unspecified atom stereocenters. The summed E-state index contributed by atoms with van der Waals surface area (Å²) in [5.41, 5.74) is 4.89. The Bertz CT molecular complexity index is 785. The number of halogens is 1. The van der Waals surface area contributed by atoms with Gasteiger partial charge in [-0.15, -0.1) is 0 Å². The summed E-state index contributed by atoms with van der Waals surface area (Å²) in [7, 11) is 0. The van der Waals surface area contributed by atoms with E-state index in [1.54, 1.807) is 24.3 Å². The topological polar surface area (TPSA) is 49.4 Å². The van der Waals surface area contributed by atoms with Crippen LogP contribution in [0, 0.1) is 6.92 Å². The Morgan fingerprint density at radius 1 is 1.09 bits per heavy atom. The number of hydrazine groups is 1. The van der Waals surface area contributed by atoms with Crippen LogP contribution in [0.15, 0.2) is 54.1 Å². The molecule has 110 valence electrons. The molecule has 1 heterocycles. The van der Waals surface area contributed by atoms with Crippen LogP contribution in [0.25, 0.3) is 6.08 Å². The van der Waals surface area contributed by atoms with Gasteiger partial charge in [-0.05, 0) is 36.3 Å². The first-order valence-electron chi connectivity index (χ1n) is 6.74. The van der Waals surface area contributed by atoms with Crippen LogP contribution in [0.4, 0.5) is 5.69 Å². The van der Waals surface area contributed by atoms with E-state index in [2.05, 4.69) is 5.43 Å². The average Bonchev–Trinajstić information content (AvgIpc) is 2.79. The molecule has 0 saturated carbocycles. The molecule has 2 amide bonds. The number of hydrogen-bond donors (Lipinski definition) is 1. The second-order valence-corrected chi connectivity index (χ2v) is 5.39. The van der Waals surface area contributed by atoms with Crippen LogP contribution in [0.5, 0.6) is 0 Å². The van der Waals surface area contributed by atoms with Gasteiger partial charge in [0.1, 0.15) is 5.57 Å². The van der Waals surface area contributed by atoms with E-state index >= 15 is 0 Å². The lowest BCUT2D eigenvalue weighted by Gasteiger charge is -2.15. The first-order valence-corrected chi connectivity index (χ1v) is 7.12. The number of carbonyl (C=O) groups is 2. The molecule has 0 aliphatic carbocycles. The first kappa shape index (κ1) is 14.4. The molecular formula is C17H13ClN2O2. The molecule has 1 N–H and O–H groups in total. The second-order valence-electron chi connectivity index (χ2n) is 4.98. The maximum atomic E-state index is 12.4. The number of benzene rings is 2. The lowest BCUT2D eigenvalue weighted by atomic mass is 10.1. The maximum Gasteiger partial charge on any atom is 0.282 e. The quantitative estimate of drug-likeness (QED) is 0.684. The molecule has 4 nitrogen and oxygen atoms in total. The largest absolute Gasteiger partial charge is 0.282 e. The Hall–Kier alpha value is -2.59. The molecule has 3 rings (SSSR count). The molecule has 0 spiro atoms. The Balaban J connectivity index is 1.94. The fraction of sp³-hybridized carbons (Fsp3) is 0.0588. The zero-order valence-corrected chi connectivity index (χ0v) is 12.6. The Labute approximate surface area is 133 Å². The maximum absolute atomic E-state index is 12.4. The molecule has 1 aliphatic heterocycles. The molecule has 0 bridgehead atoms. The van der Waals surface area contributed by atoms with Crippen LogP contribution in [0.1, 0.15) is 11.1 Å². The molecule has 22 heavy (non-hydrogen) atoms. The number of nitrogens with one attached hydrogen (secondary N) is 1. The van der Waals surface area contributed by atoms with Crippen LogP contribution in [0.2, 0.25) is 5.02 Å². The predicted octanol–water partition coefficient (Wildman–Crippen LogP) is 3.11. The minimum absolute atomic E-state index is 0.0999. The summed E-state index contributed by atoms with van der Waals surface area (Å²) in [6.07, 6.45) is 1.58. The number of hydrogen-bond acceptors (Lipinski definition) is 2. The van der Waals surface area contributed by atoms with Crippen LogP contribution >= 0.6 is 11.6 Å². The number of amides is 2. The van der Waals surface area contributed by atoms with E-state index in [9.17, 15) is 9.59 Å². The first-order chi connectivity index (χ1) is 10.6. The van der Waals surface area contributed by atoms with Crippen molar-refractivity contribution in [3.8, 4) is 0 Å². The van der Waals surface area contributed by atoms with Gasteiger partial charge in [0.25, 0.3) is 11.8 Å². The van der Waals surface area contributed by atoms with Gasteiger partial charge in [0.05, 0.1) is 5.69 Å². The number of nitrogens with zero attached hydrogens (tertiary/aromatic N) is 1. The fourth-order valence-corrected chi connectivity index (χ4v) is 2.35. The lowest BCUT2D eigenvalue weighted by Crippen LogP contribution is -2.35. The van der Waals surface area contributed by atoms with Gasteiger partial charge in [-0.25, -0.2) is 5.01 Å². The number of carbonyl (C=O) groups excluding carboxylic acids is 2. The van der Waals surface area contributed by atoms with Gasteiger partial charge in [0.15, 0.2) is 0 Å². The van der Waals surface area contributed by atoms with E-state index in [0.29, 0.717) is 10.7 Å². The standard InChI is InChI=1S/C17H13ClN2O2/c1-11-7-8-13(10-15(11)18)20-17(22)14(16(21)19-20)9-12-5-3-2-4-6-12/h2-10H,1H3,(H,19,21)/b14-9+. The molecule has 5 heteroatoms. The number of aryl methyl sites for hydroxylation is 1. The van der Waals surface area contributed by atoms with E-state index in [0.717, 1.165) is 11.1 Å². The molecular weight excluding hydrogens is 300 g/mol. The third-order valence-electron chi connectivity index (χ3n) is 3.42. The third-order valence-corrected chi connectivity index (χ3v) is 3.82. The summed E-state index contributed by atoms with van der Waals surface area (Å²) in [6, 6.07) is 14.4. The van der Waals surface area contributed by atoms with E-state index in [4.69, 9.17) is 11.6 Å². The highest BCUT2D eigenvalue weighted by Gasteiger charge is 2.34. The molecule has 0 aromatic heterocycles.